The number of aromatic nitrogens is 2. The van der Waals surface area contributed by atoms with Crippen molar-refractivity contribution >= 4 is 29.2 Å². The smallest absolute Gasteiger partial charge is 0.282 e. The van der Waals surface area contributed by atoms with Gasteiger partial charge in [-0.25, -0.2) is 13.8 Å². The van der Waals surface area contributed by atoms with Crippen LogP contribution in [0.1, 0.15) is 89.4 Å². The lowest BCUT2D eigenvalue weighted by atomic mass is 9.96. The zero-order valence-electron chi connectivity index (χ0n) is 24.4. The van der Waals surface area contributed by atoms with Crippen molar-refractivity contribution < 1.29 is 18.4 Å². The molecule has 2 amide bonds. The molecule has 4 aliphatic rings. The van der Waals surface area contributed by atoms with Crippen LogP contribution in [0.15, 0.2) is 47.4 Å². The fourth-order valence-electron chi connectivity index (χ4n) is 5.90. The van der Waals surface area contributed by atoms with E-state index in [1.165, 1.54) is 18.9 Å². The summed E-state index contributed by atoms with van der Waals surface area (Å²) in [5, 5.41) is 6.69. The molecule has 1 aliphatic heterocycles. The van der Waals surface area contributed by atoms with Gasteiger partial charge in [0.15, 0.2) is 0 Å². The van der Waals surface area contributed by atoms with Crippen molar-refractivity contribution in [3.05, 3.63) is 80.4 Å². The normalized spacial score (nSPS) is 19.8. The highest BCUT2D eigenvalue weighted by atomic mass is 35.5. The molecule has 44 heavy (non-hydrogen) atoms. The van der Waals surface area contributed by atoms with Gasteiger partial charge in [0, 0.05) is 47.0 Å². The number of pyridine rings is 2. The fourth-order valence-corrected chi connectivity index (χ4v) is 6.07. The van der Waals surface area contributed by atoms with Gasteiger partial charge < -0.3 is 20.1 Å². The van der Waals surface area contributed by atoms with Gasteiger partial charge >= 0.3 is 0 Å². The Kier molecular flexibility index (Phi) is 7.32. The van der Waals surface area contributed by atoms with Crippen molar-refractivity contribution in [3.63, 3.8) is 0 Å². The van der Waals surface area contributed by atoms with Gasteiger partial charge in [-0.3, -0.25) is 14.4 Å². The minimum Gasteiger partial charge on any atom is -0.326 e. The van der Waals surface area contributed by atoms with E-state index in [4.69, 9.17) is 16.6 Å². The number of likely N-dealkylation sites (tertiary alicyclic amines) is 1. The molecule has 0 bridgehead atoms. The zero-order chi connectivity index (χ0) is 30.7. The van der Waals surface area contributed by atoms with Crippen LogP contribution in [0, 0.1) is 5.92 Å². The van der Waals surface area contributed by atoms with Crippen molar-refractivity contribution in [2.24, 2.45) is 5.92 Å². The Bertz CT molecular complexity index is 1710. The summed E-state index contributed by atoms with van der Waals surface area (Å²) in [5.41, 5.74) is 2.65. The summed E-state index contributed by atoms with van der Waals surface area (Å²) in [4.78, 5) is 46.1. The number of rotatable bonds is 10. The van der Waals surface area contributed by atoms with Crippen molar-refractivity contribution in [1.29, 1.82) is 0 Å². The molecule has 2 aromatic heterocycles. The van der Waals surface area contributed by atoms with E-state index in [9.17, 15) is 23.2 Å². The van der Waals surface area contributed by atoms with Crippen LogP contribution in [0.5, 0.6) is 0 Å². The van der Waals surface area contributed by atoms with Crippen molar-refractivity contribution in [2.75, 3.05) is 18.4 Å². The maximum absolute atomic E-state index is 13.7. The Morgan fingerprint density at radius 3 is 2.45 bits per heavy atom. The molecule has 0 spiro atoms. The minimum absolute atomic E-state index is 0.0523. The van der Waals surface area contributed by atoms with Crippen LogP contribution in [-0.4, -0.2) is 51.3 Å². The van der Waals surface area contributed by atoms with E-state index in [0.717, 1.165) is 41.8 Å². The number of carbonyl (C=O) groups is 2. The number of nitrogens with zero attached hydrogens (tertiary/aromatic N) is 3. The monoisotopic (exact) mass is 621 g/mol. The van der Waals surface area contributed by atoms with Crippen molar-refractivity contribution in [3.8, 4) is 11.1 Å². The van der Waals surface area contributed by atoms with E-state index >= 15 is 0 Å². The van der Waals surface area contributed by atoms with Crippen LogP contribution in [0.3, 0.4) is 0 Å². The van der Waals surface area contributed by atoms with Gasteiger partial charge in [0.05, 0.1) is 13.1 Å². The summed E-state index contributed by atoms with van der Waals surface area (Å²) >= 11 is 6.23. The van der Waals surface area contributed by atoms with Gasteiger partial charge in [-0.15, -0.1) is 0 Å². The number of hydrogen-bond donors (Lipinski definition) is 2. The number of benzene rings is 1. The molecule has 3 aromatic rings. The van der Waals surface area contributed by atoms with Gasteiger partial charge in [-0.05, 0) is 98.4 Å². The number of alkyl halides is 2. The maximum atomic E-state index is 13.7. The van der Waals surface area contributed by atoms with E-state index in [0.29, 0.717) is 34.7 Å². The van der Waals surface area contributed by atoms with Crippen molar-refractivity contribution in [1.82, 2.24) is 19.8 Å². The standard InChI is InChI=1S/C33H34ClF2N5O3/c1-18(20-2-3-20)37-14-19-10-27(32(44)41(15-19)24-7-8-24)30(42)39-29-12-22(11-28(38-29)21-4-5-21)25-9-6-23(34)13-26(25)31(43)40-16-33(35,36)17-40/h6,9-13,15,18,20-21,24,37H,2-5,7-8,14,16-17H2,1H3,(H,38,39,42)/t18-/m0/s1. The van der Waals surface area contributed by atoms with Gasteiger partial charge in [0.1, 0.15) is 11.4 Å². The molecule has 1 aromatic carbocycles. The molecule has 11 heteroatoms. The first-order chi connectivity index (χ1) is 21.0. The maximum Gasteiger partial charge on any atom is 0.282 e. The highest BCUT2D eigenvalue weighted by molar-refractivity contribution is 6.31. The molecule has 230 valence electrons. The first-order valence-corrected chi connectivity index (χ1v) is 15.7. The summed E-state index contributed by atoms with van der Waals surface area (Å²) in [6, 6.07) is 10.4. The Hall–Kier alpha value is -3.63. The third-order valence-electron chi connectivity index (χ3n) is 8.98. The van der Waals surface area contributed by atoms with E-state index in [1.807, 2.05) is 12.3 Å². The first kappa shape index (κ1) is 29.1. The number of hydrogen-bond acceptors (Lipinski definition) is 5. The molecule has 8 nitrogen and oxygen atoms in total. The van der Waals surface area contributed by atoms with Crippen LogP contribution < -0.4 is 16.2 Å². The summed E-state index contributed by atoms with van der Waals surface area (Å²) in [6.07, 6.45) is 8.00. The summed E-state index contributed by atoms with van der Waals surface area (Å²) in [5.74, 6) is -2.85. The Balaban J connectivity index is 1.19. The molecule has 3 saturated carbocycles. The Morgan fingerprint density at radius 1 is 1.05 bits per heavy atom. The molecular weight excluding hydrogens is 588 g/mol. The summed E-state index contributed by atoms with van der Waals surface area (Å²) in [6.45, 7) is 1.43. The second-order valence-electron chi connectivity index (χ2n) is 12.8. The SMILES string of the molecule is C[C@H](NCc1cc(C(=O)Nc2cc(-c3ccc(Cl)cc3C(=O)N3CC(F)(F)C3)cc(C3CC3)n2)c(=O)n(C2CC2)c1)C1CC1. The molecule has 7 rings (SSSR count). The van der Waals surface area contributed by atoms with Crippen LogP contribution >= 0.6 is 11.6 Å². The van der Waals surface area contributed by atoms with Gasteiger partial charge in [-0.1, -0.05) is 17.7 Å². The lowest BCUT2D eigenvalue weighted by Gasteiger charge is -2.39. The third-order valence-corrected chi connectivity index (χ3v) is 9.21. The van der Waals surface area contributed by atoms with Gasteiger partial charge in [0.25, 0.3) is 23.3 Å². The molecule has 1 saturated heterocycles. The fraction of sp³-hybridized carbons (Fsp3) is 0.455. The third kappa shape index (κ3) is 6.15. The largest absolute Gasteiger partial charge is 0.326 e. The zero-order valence-corrected chi connectivity index (χ0v) is 25.2. The van der Waals surface area contributed by atoms with Crippen LogP contribution in [0.4, 0.5) is 14.6 Å². The number of carbonyl (C=O) groups excluding carboxylic acids is 2. The predicted octanol–water partition coefficient (Wildman–Crippen LogP) is 6.01. The summed E-state index contributed by atoms with van der Waals surface area (Å²) < 4.78 is 28.8. The molecule has 4 fully saturated rings. The Labute approximate surface area is 258 Å². The van der Waals surface area contributed by atoms with Crippen LogP contribution in [-0.2, 0) is 6.54 Å². The number of amides is 2. The van der Waals surface area contributed by atoms with Crippen LogP contribution in [0.25, 0.3) is 11.1 Å². The quantitative estimate of drug-likeness (QED) is 0.289. The average molecular weight is 622 g/mol. The van der Waals surface area contributed by atoms with E-state index < -0.39 is 30.8 Å². The molecule has 2 N–H and O–H groups in total. The van der Waals surface area contributed by atoms with E-state index in [1.54, 1.807) is 28.8 Å². The van der Waals surface area contributed by atoms with Gasteiger partial charge in [0.2, 0.25) is 0 Å². The van der Waals surface area contributed by atoms with Crippen LogP contribution in [0.2, 0.25) is 5.02 Å². The highest BCUT2D eigenvalue weighted by Crippen LogP contribution is 2.42. The first-order valence-electron chi connectivity index (χ1n) is 15.3. The topological polar surface area (TPSA) is 96.3 Å². The molecule has 3 aliphatic carbocycles. The average Bonchev–Trinajstić information content (AvgIpc) is 3.82. The number of anilines is 1. The molecule has 0 unspecified atom stereocenters. The predicted molar refractivity (Wildman–Crippen MR) is 163 cm³/mol. The summed E-state index contributed by atoms with van der Waals surface area (Å²) in [7, 11) is 0. The molecule has 1 atom stereocenters. The second-order valence-corrected chi connectivity index (χ2v) is 13.3. The number of halogens is 3. The Morgan fingerprint density at radius 2 is 1.80 bits per heavy atom. The van der Waals surface area contributed by atoms with E-state index in [-0.39, 0.29) is 34.5 Å². The minimum atomic E-state index is -2.90. The van der Waals surface area contributed by atoms with E-state index in [2.05, 4.69) is 17.6 Å². The molecular formula is C33H34ClF2N5O3. The van der Waals surface area contributed by atoms with Crippen molar-refractivity contribution in [2.45, 2.75) is 75.9 Å². The lowest BCUT2D eigenvalue weighted by Crippen LogP contribution is -2.58. The lowest BCUT2D eigenvalue weighted by molar-refractivity contribution is -0.113. The highest BCUT2D eigenvalue weighted by Gasteiger charge is 2.46. The molecule has 3 heterocycles. The second kappa shape index (κ2) is 11.1. The molecule has 0 radical (unpaired) electrons. The van der Waals surface area contributed by atoms with Gasteiger partial charge in [-0.2, -0.15) is 0 Å². The number of nitrogens with one attached hydrogen (secondary N) is 2.